The van der Waals surface area contributed by atoms with Gasteiger partial charge in [-0.2, -0.15) is 19.2 Å². The number of fused-ring (bicyclic) bond motifs is 2. The van der Waals surface area contributed by atoms with E-state index in [4.69, 9.17) is 0 Å². The summed E-state index contributed by atoms with van der Waals surface area (Å²) in [6.07, 6.45) is 4.38. The third-order valence-corrected chi connectivity index (χ3v) is 2.82. The summed E-state index contributed by atoms with van der Waals surface area (Å²) < 4.78 is 2.36. The van der Waals surface area contributed by atoms with Crippen LogP contribution in [0, 0.1) is 0 Å². The summed E-state index contributed by atoms with van der Waals surface area (Å²) in [7, 11) is 0. The van der Waals surface area contributed by atoms with Crippen molar-refractivity contribution in [2.75, 3.05) is 0 Å². The Balaban J connectivity index is 0.000000133. The van der Waals surface area contributed by atoms with E-state index in [0.717, 1.165) is 0 Å². The zero-order valence-electron chi connectivity index (χ0n) is 10.9. The van der Waals surface area contributed by atoms with Gasteiger partial charge in [0, 0.05) is 17.5 Å². The summed E-state index contributed by atoms with van der Waals surface area (Å²) in [6, 6.07) is 3.30. The number of hydrogen-bond donors (Lipinski definition) is 2. The zero-order valence-corrected chi connectivity index (χ0v) is 11.7. The molecule has 10 nitrogen and oxygen atoms in total. The molecule has 0 aromatic carbocycles. The quantitative estimate of drug-likeness (QED) is 0.439. The van der Waals surface area contributed by atoms with E-state index >= 15 is 0 Å². The van der Waals surface area contributed by atoms with Crippen molar-refractivity contribution in [1.29, 1.82) is 0 Å². The number of nitrogens with zero attached hydrogens (tertiary/aromatic N) is 6. The molecule has 4 aromatic heterocycles. The summed E-state index contributed by atoms with van der Waals surface area (Å²) >= 11 is 4.63. The minimum atomic E-state index is -0.332. The molecule has 0 aliphatic rings. The fourth-order valence-electron chi connectivity index (χ4n) is 1.67. The van der Waals surface area contributed by atoms with E-state index in [1.165, 1.54) is 33.1 Å². The second-order valence-electron chi connectivity index (χ2n) is 3.96. The second-order valence-corrected chi connectivity index (χ2v) is 4.19. The Morgan fingerprint density at radius 3 is 2.41 bits per heavy atom. The molecule has 0 radical (unpaired) electrons. The lowest BCUT2D eigenvalue weighted by Gasteiger charge is -1.92. The molecule has 0 fully saturated rings. The van der Waals surface area contributed by atoms with Crippen LogP contribution < -0.4 is 11.4 Å². The molecule has 0 saturated heterocycles. The molecular weight excluding hydrogens is 308 g/mol. The van der Waals surface area contributed by atoms with Crippen LogP contribution >= 0.6 is 12.2 Å². The molecular formula is C11H8N8O2S. The monoisotopic (exact) mass is 316 g/mol. The Kier molecular flexibility index (Phi) is 3.53. The first-order valence-electron chi connectivity index (χ1n) is 5.96. The lowest BCUT2D eigenvalue weighted by Crippen LogP contribution is -2.20. The zero-order chi connectivity index (χ0) is 15.5. The van der Waals surface area contributed by atoms with Crippen molar-refractivity contribution in [3.8, 4) is 0 Å². The highest BCUT2D eigenvalue weighted by Crippen LogP contribution is 1.92. The molecule has 2 N–H and O–H groups in total. The highest BCUT2D eigenvalue weighted by Gasteiger charge is 1.99. The van der Waals surface area contributed by atoms with Gasteiger partial charge in [0.2, 0.25) is 0 Å². The van der Waals surface area contributed by atoms with E-state index in [1.807, 2.05) is 0 Å². The van der Waals surface area contributed by atoms with E-state index in [2.05, 4.69) is 42.4 Å². The predicted octanol–water partition coefficient (Wildman–Crippen LogP) is -0.817. The van der Waals surface area contributed by atoms with Crippen LogP contribution in [0.1, 0.15) is 5.82 Å². The Labute approximate surface area is 126 Å². The highest BCUT2D eigenvalue weighted by molar-refractivity contribution is 7.79. The number of hydrogen-bond acceptors (Lipinski definition) is 7. The van der Waals surface area contributed by atoms with Crippen LogP contribution in [-0.2, 0) is 0 Å². The van der Waals surface area contributed by atoms with Crippen molar-refractivity contribution in [2.24, 2.45) is 0 Å². The van der Waals surface area contributed by atoms with E-state index in [9.17, 15) is 9.59 Å². The second kappa shape index (κ2) is 5.65. The summed E-state index contributed by atoms with van der Waals surface area (Å²) in [4.78, 5) is 34.7. The van der Waals surface area contributed by atoms with Gasteiger partial charge in [-0.3, -0.25) is 9.97 Å². The summed E-state index contributed by atoms with van der Waals surface area (Å²) in [5, 5.41) is 8.80. The maximum atomic E-state index is 11.2. The molecule has 4 aromatic rings. The molecule has 22 heavy (non-hydrogen) atoms. The molecule has 0 saturated carbocycles. The van der Waals surface area contributed by atoms with Crippen molar-refractivity contribution < 1.29 is 0 Å². The highest BCUT2D eigenvalue weighted by atomic mass is 32.1. The predicted molar refractivity (Wildman–Crippen MR) is 80.0 cm³/mol. The first-order valence-corrected chi connectivity index (χ1v) is 6.43. The van der Waals surface area contributed by atoms with Gasteiger partial charge >= 0.3 is 11.4 Å². The van der Waals surface area contributed by atoms with Crippen molar-refractivity contribution in [1.82, 2.24) is 39.2 Å². The summed E-state index contributed by atoms with van der Waals surface area (Å²) in [5.41, 5.74) is 0.453. The third-order valence-electron chi connectivity index (χ3n) is 2.60. The number of rotatable bonds is 1. The first kappa shape index (κ1) is 13.8. The lowest BCUT2D eigenvalue weighted by atomic mass is 10.6. The van der Waals surface area contributed by atoms with Gasteiger partial charge in [-0.25, -0.2) is 19.6 Å². The van der Waals surface area contributed by atoms with Crippen LogP contribution in [0.5, 0.6) is 0 Å². The minimum Gasteiger partial charge on any atom is -0.296 e. The van der Waals surface area contributed by atoms with Crippen LogP contribution in [0.4, 0.5) is 0 Å². The standard InChI is InChI=1S/C6H4N4OS.C5H4N4O/c11-6-9-4(3-12)8-5-1-2-7-10(5)6;10-5-7-3-6-4-1-2-8-9(4)5/h1-3H,(H,8,9,11);1-3H,(H,6,7,10). The Morgan fingerprint density at radius 2 is 1.73 bits per heavy atom. The van der Waals surface area contributed by atoms with E-state index in [1.54, 1.807) is 12.1 Å². The molecule has 4 rings (SSSR count). The third kappa shape index (κ3) is 2.52. The van der Waals surface area contributed by atoms with Gasteiger partial charge in [0.15, 0.2) is 11.3 Å². The number of aromatic amines is 2. The van der Waals surface area contributed by atoms with Gasteiger partial charge in [-0.05, 0) is 0 Å². The molecule has 0 atom stereocenters. The van der Waals surface area contributed by atoms with Crippen molar-refractivity contribution in [2.45, 2.75) is 0 Å². The lowest BCUT2D eigenvalue weighted by molar-refractivity contribution is 0.837. The summed E-state index contributed by atoms with van der Waals surface area (Å²) in [6.45, 7) is 0. The topological polar surface area (TPSA) is 126 Å². The molecule has 110 valence electrons. The average molecular weight is 316 g/mol. The van der Waals surface area contributed by atoms with Gasteiger partial charge in [0.25, 0.3) is 0 Å². The number of H-pyrrole nitrogens is 2. The normalized spacial score (nSPS) is 10.4. The number of nitrogens with one attached hydrogen (secondary N) is 2. The van der Waals surface area contributed by atoms with Crippen LogP contribution in [-0.4, -0.2) is 44.5 Å². The molecule has 11 heteroatoms. The Bertz CT molecular complexity index is 1060. The van der Waals surface area contributed by atoms with Crippen LogP contribution in [0.15, 0.2) is 40.4 Å². The SMILES string of the molecule is O=c1[nH]c(C=S)nc2ccnn12.O=c1[nH]cnc2ccnn12. The van der Waals surface area contributed by atoms with Gasteiger partial charge in [0.1, 0.15) is 5.82 Å². The Morgan fingerprint density at radius 1 is 1.05 bits per heavy atom. The van der Waals surface area contributed by atoms with Gasteiger partial charge in [0.05, 0.1) is 18.7 Å². The number of aromatic nitrogens is 8. The fraction of sp³-hybridized carbons (Fsp3) is 0. The van der Waals surface area contributed by atoms with Crippen LogP contribution in [0.2, 0.25) is 0 Å². The molecule has 0 unspecified atom stereocenters. The number of thiocarbonyl (C=S) groups is 1. The van der Waals surface area contributed by atoms with Crippen LogP contribution in [0.3, 0.4) is 0 Å². The van der Waals surface area contributed by atoms with Crippen molar-refractivity contribution in [3.63, 3.8) is 0 Å². The van der Waals surface area contributed by atoms with Crippen LogP contribution in [0.25, 0.3) is 11.3 Å². The maximum absolute atomic E-state index is 11.2. The molecule has 4 heterocycles. The average Bonchev–Trinajstić information content (AvgIpc) is 3.17. The smallest absolute Gasteiger partial charge is 0.296 e. The first-order chi connectivity index (χ1) is 10.7. The molecule has 0 aliphatic carbocycles. The largest absolute Gasteiger partial charge is 0.349 e. The minimum absolute atomic E-state index is 0.269. The molecule has 0 amide bonds. The Hall–Kier alpha value is -3.21. The van der Waals surface area contributed by atoms with Gasteiger partial charge < -0.3 is 0 Å². The van der Waals surface area contributed by atoms with Gasteiger partial charge in [-0.15, -0.1) is 0 Å². The molecule has 0 spiro atoms. The molecule has 0 aliphatic heterocycles. The van der Waals surface area contributed by atoms with Gasteiger partial charge in [-0.1, -0.05) is 12.2 Å². The molecule has 0 bridgehead atoms. The van der Waals surface area contributed by atoms with E-state index in [-0.39, 0.29) is 11.4 Å². The van der Waals surface area contributed by atoms with E-state index < -0.39 is 0 Å². The summed E-state index contributed by atoms with van der Waals surface area (Å²) in [5.74, 6) is 0.378. The van der Waals surface area contributed by atoms with Crippen molar-refractivity contribution in [3.05, 3.63) is 57.6 Å². The maximum Gasteiger partial charge on any atom is 0.349 e. The van der Waals surface area contributed by atoms with E-state index in [0.29, 0.717) is 17.1 Å². The van der Waals surface area contributed by atoms with Crippen molar-refractivity contribution >= 4 is 28.9 Å². The fourth-order valence-corrected chi connectivity index (χ4v) is 1.78.